The van der Waals surface area contributed by atoms with Crippen molar-refractivity contribution in [2.75, 3.05) is 11.9 Å². The molecular weight excluding hydrogens is 224 g/mol. The van der Waals surface area contributed by atoms with E-state index in [1.165, 1.54) is 4.88 Å². The van der Waals surface area contributed by atoms with Gasteiger partial charge in [0.2, 0.25) is 0 Å². The van der Waals surface area contributed by atoms with Crippen LogP contribution >= 0.6 is 11.3 Å². The molecular formula is C10H14N4OS. The van der Waals surface area contributed by atoms with E-state index in [1.54, 1.807) is 17.6 Å². The van der Waals surface area contributed by atoms with Crippen molar-refractivity contribution < 1.29 is 4.42 Å². The van der Waals surface area contributed by atoms with Crippen LogP contribution < -0.4 is 10.6 Å². The zero-order valence-corrected chi connectivity index (χ0v) is 10.1. The number of aromatic nitrogens is 2. The lowest BCUT2D eigenvalue weighted by molar-refractivity contribution is 0.544. The van der Waals surface area contributed by atoms with Gasteiger partial charge in [0, 0.05) is 18.5 Å². The molecule has 0 amide bonds. The van der Waals surface area contributed by atoms with Gasteiger partial charge in [0.25, 0.3) is 6.01 Å². The Balaban J connectivity index is 2.08. The highest BCUT2D eigenvalue weighted by Crippen LogP contribution is 2.18. The molecule has 86 valence electrons. The smallest absolute Gasteiger partial charge is 0.297 e. The predicted octanol–water partition coefficient (Wildman–Crippen LogP) is 1.53. The Hall–Kier alpha value is -1.40. The Morgan fingerprint density at radius 3 is 2.94 bits per heavy atom. The average Bonchev–Trinajstić information content (AvgIpc) is 2.88. The number of thiazole rings is 1. The number of nitrogens with zero attached hydrogens (tertiary/aromatic N) is 3. The Kier molecular flexibility index (Phi) is 3.21. The Labute approximate surface area is 97.9 Å². The minimum atomic E-state index is 0.400. The molecule has 2 heterocycles. The molecule has 16 heavy (non-hydrogen) atoms. The molecule has 6 heteroatoms. The van der Waals surface area contributed by atoms with Crippen LogP contribution in [0.2, 0.25) is 0 Å². The third kappa shape index (κ3) is 2.23. The number of hydrogen-bond donors (Lipinski definition) is 1. The molecule has 0 saturated heterocycles. The van der Waals surface area contributed by atoms with Gasteiger partial charge in [-0.05, 0) is 6.92 Å². The van der Waals surface area contributed by atoms with Crippen LogP contribution in [0.1, 0.15) is 16.3 Å². The summed E-state index contributed by atoms with van der Waals surface area (Å²) < 4.78 is 5.32. The molecule has 2 aromatic heterocycles. The Morgan fingerprint density at radius 1 is 1.56 bits per heavy atom. The Morgan fingerprint density at radius 2 is 2.38 bits per heavy atom. The molecule has 0 atom stereocenters. The molecule has 0 aliphatic rings. The minimum Gasteiger partial charge on any atom is -0.432 e. The second-order valence-electron chi connectivity index (χ2n) is 3.54. The molecule has 0 aliphatic heterocycles. The molecule has 0 unspecified atom stereocenters. The van der Waals surface area contributed by atoms with Crippen LogP contribution in [0.5, 0.6) is 0 Å². The first kappa shape index (κ1) is 11.1. The molecule has 2 rings (SSSR count). The van der Waals surface area contributed by atoms with E-state index in [9.17, 15) is 0 Å². The SMILES string of the molecule is Cc1ncsc1CN(C)c1nc(CN)co1. The van der Waals surface area contributed by atoms with E-state index in [2.05, 4.69) is 9.97 Å². The molecule has 5 nitrogen and oxygen atoms in total. The molecule has 2 aromatic rings. The largest absolute Gasteiger partial charge is 0.432 e. The van der Waals surface area contributed by atoms with Gasteiger partial charge in [-0.1, -0.05) is 0 Å². The predicted molar refractivity (Wildman–Crippen MR) is 63.4 cm³/mol. The van der Waals surface area contributed by atoms with E-state index in [1.807, 2.05) is 24.4 Å². The second-order valence-corrected chi connectivity index (χ2v) is 4.48. The van der Waals surface area contributed by atoms with Crippen molar-refractivity contribution in [2.24, 2.45) is 5.73 Å². The maximum absolute atomic E-state index is 5.47. The maximum Gasteiger partial charge on any atom is 0.297 e. The van der Waals surface area contributed by atoms with Crippen LogP contribution in [0, 0.1) is 6.92 Å². The molecule has 0 bridgehead atoms. The van der Waals surface area contributed by atoms with Gasteiger partial charge in [0.15, 0.2) is 0 Å². The van der Waals surface area contributed by atoms with Crippen molar-refractivity contribution >= 4 is 17.4 Å². The summed E-state index contributed by atoms with van der Waals surface area (Å²) in [5.41, 5.74) is 9.15. The van der Waals surface area contributed by atoms with Crippen LogP contribution in [0.15, 0.2) is 16.2 Å². The van der Waals surface area contributed by atoms with Gasteiger partial charge in [-0.15, -0.1) is 11.3 Å². The highest BCUT2D eigenvalue weighted by molar-refractivity contribution is 7.09. The summed E-state index contributed by atoms with van der Waals surface area (Å²) in [5.74, 6) is 0. The monoisotopic (exact) mass is 238 g/mol. The third-order valence-corrected chi connectivity index (χ3v) is 3.22. The van der Waals surface area contributed by atoms with E-state index < -0.39 is 0 Å². The maximum atomic E-state index is 5.47. The van der Waals surface area contributed by atoms with Crippen LogP contribution in [-0.2, 0) is 13.1 Å². The van der Waals surface area contributed by atoms with E-state index in [-0.39, 0.29) is 0 Å². The first-order valence-corrected chi connectivity index (χ1v) is 5.83. The highest BCUT2D eigenvalue weighted by Gasteiger charge is 2.11. The van der Waals surface area contributed by atoms with Crippen LogP contribution in [-0.4, -0.2) is 17.0 Å². The number of rotatable bonds is 4. The normalized spacial score (nSPS) is 10.7. The minimum absolute atomic E-state index is 0.400. The lowest BCUT2D eigenvalue weighted by Gasteiger charge is -2.13. The summed E-state index contributed by atoms with van der Waals surface area (Å²) in [7, 11) is 1.94. The van der Waals surface area contributed by atoms with Crippen molar-refractivity contribution in [1.29, 1.82) is 0 Å². The summed E-state index contributed by atoms with van der Waals surface area (Å²) in [6.45, 7) is 3.15. The average molecular weight is 238 g/mol. The zero-order valence-electron chi connectivity index (χ0n) is 9.30. The fourth-order valence-electron chi connectivity index (χ4n) is 1.33. The second kappa shape index (κ2) is 4.63. The van der Waals surface area contributed by atoms with Gasteiger partial charge in [-0.2, -0.15) is 4.98 Å². The van der Waals surface area contributed by atoms with Gasteiger partial charge in [0.05, 0.1) is 23.4 Å². The number of aryl methyl sites for hydroxylation is 1. The first-order valence-electron chi connectivity index (χ1n) is 4.95. The lowest BCUT2D eigenvalue weighted by atomic mass is 10.4. The van der Waals surface area contributed by atoms with Crippen molar-refractivity contribution in [3.63, 3.8) is 0 Å². The van der Waals surface area contributed by atoms with Crippen molar-refractivity contribution in [3.05, 3.63) is 28.0 Å². The highest BCUT2D eigenvalue weighted by atomic mass is 32.1. The van der Waals surface area contributed by atoms with Gasteiger partial charge in [-0.25, -0.2) is 4.98 Å². The fraction of sp³-hybridized carbons (Fsp3) is 0.400. The summed E-state index contributed by atoms with van der Waals surface area (Å²) in [5, 5.41) is 0. The van der Waals surface area contributed by atoms with Crippen LogP contribution in [0.3, 0.4) is 0 Å². The molecule has 0 aliphatic carbocycles. The molecule has 0 saturated carbocycles. The number of nitrogens with two attached hydrogens (primary N) is 1. The first-order chi connectivity index (χ1) is 7.70. The van der Waals surface area contributed by atoms with E-state index in [4.69, 9.17) is 10.2 Å². The summed E-state index contributed by atoms with van der Waals surface area (Å²) in [4.78, 5) is 11.6. The van der Waals surface area contributed by atoms with Crippen molar-refractivity contribution in [1.82, 2.24) is 9.97 Å². The number of anilines is 1. The van der Waals surface area contributed by atoms with Gasteiger partial charge < -0.3 is 15.1 Å². The van der Waals surface area contributed by atoms with Crippen molar-refractivity contribution in [3.8, 4) is 0 Å². The molecule has 0 aromatic carbocycles. The fourth-order valence-corrected chi connectivity index (χ4v) is 2.16. The van der Waals surface area contributed by atoms with Crippen LogP contribution in [0.4, 0.5) is 6.01 Å². The van der Waals surface area contributed by atoms with E-state index >= 15 is 0 Å². The zero-order chi connectivity index (χ0) is 11.5. The summed E-state index contributed by atoms with van der Waals surface area (Å²) in [6.07, 6.45) is 1.59. The summed E-state index contributed by atoms with van der Waals surface area (Å²) >= 11 is 1.64. The quantitative estimate of drug-likeness (QED) is 0.875. The van der Waals surface area contributed by atoms with E-state index in [0.717, 1.165) is 17.9 Å². The Bertz CT molecular complexity index is 465. The van der Waals surface area contributed by atoms with Gasteiger partial charge >= 0.3 is 0 Å². The molecule has 0 radical (unpaired) electrons. The molecule has 2 N–H and O–H groups in total. The number of oxazole rings is 1. The topological polar surface area (TPSA) is 68.2 Å². The van der Waals surface area contributed by atoms with Crippen LogP contribution in [0.25, 0.3) is 0 Å². The lowest BCUT2D eigenvalue weighted by Crippen LogP contribution is -2.16. The number of hydrogen-bond acceptors (Lipinski definition) is 6. The molecule has 0 fully saturated rings. The van der Waals surface area contributed by atoms with Gasteiger partial charge in [-0.3, -0.25) is 0 Å². The van der Waals surface area contributed by atoms with E-state index in [0.29, 0.717) is 12.6 Å². The molecule has 0 spiro atoms. The van der Waals surface area contributed by atoms with Crippen molar-refractivity contribution in [2.45, 2.75) is 20.0 Å². The van der Waals surface area contributed by atoms with Gasteiger partial charge in [0.1, 0.15) is 6.26 Å². The third-order valence-electron chi connectivity index (χ3n) is 2.30. The standard InChI is InChI=1S/C10H14N4OS/c1-7-9(16-6-12-7)4-14(2)10-13-8(3-11)5-15-10/h5-6H,3-4,11H2,1-2H3. The summed E-state index contributed by atoms with van der Waals surface area (Å²) in [6, 6.07) is 0.591.